The number of hydrogen-bond acceptors (Lipinski definition) is 2. The van der Waals surface area contributed by atoms with Crippen LogP contribution in [0.25, 0.3) is 0 Å². The molecular formula is C15H24N2. The van der Waals surface area contributed by atoms with Crippen LogP contribution in [-0.4, -0.2) is 19.6 Å². The molecule has 1 saturated carbocycles. The maximum absolute atomic E-state index is 5.60. The van der Waals surface area contributed by atoms with E-state index in [1.54, 1.807) is 0 Å². The largest absolute Gasteiger partial charge is 0.371 e. The predicted molar refractivity (Wildman–Crippen MR) is 74.5 cm³/mol. The van der Waals surface area contributed by atoms with Crippen molar-refractivity contribution in [3.05, 3.63) is 29.3 Å². The Kier molecular flexibility index (Phi) is 4.06. The summed E-state index contributed by atoms with van der Waals surface area (Å²) in [6.45, 7) is 7.53. The molecule has 17 heavy (non-hydrogen) atoms. The van der Waals surface area contributed by atoms with Crippen molar-refractivity contribution in [1.29, 1.82) is 0 Å². The molecule has 0 unspecified atom stereocenters. The van der Waals surface area contributed by atoms with Gasteiger partial charge in [0.1, 0.15) is 0 Å². The first kappa shape index (κ1) is 12.4. The molecule has 2 nitrogen and oxygen atoms in total. The molecule has 0 spiro atoms. The molecule has 0 radical (unpaired) electrons. The van der Waals surface area contributed by atoms with Gasteiger partial charge in [0, 0.05) is 18.8 Å². The van der Waals surface area contributed by atoms with E-state index in [0.717, 1.165) is 25.4 Å². The van der Waals surface area contributed by atoms with E-state index in [0.29, 0.717) is 0 Å². The first-order valence-corrected chi connectivity index (χ1v) is 6.79. The minimum Gasteiger partial charge on any atom is -0.371 e. The standard InChI is InChI=1S/C15H24N2/c1-3-17(11-14-4-5-14)15-7-6-13(8-9-16)10-12(15)2/h6-7,10,14H,3-5,8-9,11,16H2,1-2H3. The highest BCUT2D eigenvalue weighted by atomic mass is 15.1. The van der Waals surface area contributed by atoms with Crippen LogP contribution in [0.15, 0.2) is 18.2 Å². The van der Waals surface area contributed by atoms with E-state index in [1.165, 1.54) is 36.2 Å². The summed E-state index contributed by atoms with van der Waals surface area (Å²) in [4.78, 5) is 2.51. The number of rotatable bonds is 6. The van der Waals surface area contributed by atoms with Crippen LogP contribution in [0.2, 0.25) is 0 Å². The molecule has 0 heterocycles. The highest BCUT2D eigenvalue weighted by Crippen LogP contribution is 2.32. The predicted octanol–water partition coefficient (Wildman–Crippen LogP) is 2.73. The molecule has 0 bridgehead atoms. The molecule has 1 fully saturated rings. The van der Waals surface area contributed by atoms with Crippen molar-refractivity contribution in [3.8, 4) is 0 Å². The first-order chi connectivity index (χ1) is 8.24. The lowest BCUT2D eigenvalue weighted by Gasteiger charge is -2.25. The Labute approximate surface area is 105 Å². The van der Waals surface area contributed by atoms with Gasteiger partial charge < -0.3 is 10.6 Å². The molecule has 94 valence electrons. The van der Waals surface area contributed by atoms with Crippen molar-refractivity contribution in [2.24, 2.45) is 11.7 Å². The summed E-state index contributed by atoms with van der Waals surface area (Å²) in [5.74, 6) is 0.943. The molecule has 1 aliphatic rings. The topological polar surface area (TPSA) is 29.3 Å². The van der Waals surface area contributed by atoms with E-state index in [4.69, 9.17) is 5.73 Å². The summed E-state index contributed by atoms with van der Waals surface area (Å²) in [7, 11) is 0. The molecule has 0 atom stereocenters. The Balaban J connectivity index is 2.12. The highest BCUT2D eigenvalue weighted by molar-refractivity contribution is 5.54. The summed E-state index contributed by atoms with van der Waals surface area (Å²) in [5.41, 5.74) is 9.75. The molecule has 1 aromatic carbocycles. The minimum atomic E-state index is 0.734. The van der Waals surface area contributed by atoms with E-state index in [1.807, 2.05) is 0 Å². The second kappa shape index (κ2) is 5.54. The third kappa shape index (κ3) is 3.22. The zero-order chi connectivity index (χ0) is 12.3. The fourth-order valence-corrected chi connectivity index (χ4v) is 2.40. The number of hydrogen-bond donors (Lipinski definition) is 1. The second-order valence-electron chi connectivity index (χ2n) is 5.14. The number of nitrogens with two attached hydrogens (primary N) is 1. The van der Waals surface area contributed by atoms with Gasteiger partial charge in [-0.2, -0.15) is 0 Å². The van der Waals surface area contributed by atoms with Crippen LogP contribution in [0, 0.1) is 12.8 Å². The molecule has 2 N–H and O–H groups in total. The highest BCUT2D eigenvalue weighted by Gasteiger charge is 2.24. The Morgan fingerprint density at radius 2 is 2.12 bits per heavy atom. The molecule has 0 amide bonds. The van der Waals surface area contributed by atoms with Crippen LogP contribution in [0.4, 0.5) is 5.69 Å². The molecule has 0 saturated heterocycles. The van der Waals surface area contributed by atoms with Crippen LogP contribution in [0.3, 0.4) is 0 Å². The minimum absolute atomic E-state index is 0.734. The van der Waals surface area contributed by atoms with Gasteiger partial charge >= 0.3 is 0 Å². The Bertz CT molecular complexity index is 369. The van der Waals surface area contributed by atoms with E-state index in [9.17, 15) is 0 Å². The van der Waals surface area contributed by atoms with Gasteiger partial charge in [-0.3, -0.25) is 0 Å². The Morgan fingerprint density at radius 1 is 1.35 bits per heavy atom. The van der Waals surface area contributed by atoms with Crippen LogP contribution in [-0.2, 0) is 6.42 Å². The lowest BCUT2D eigenvalue weighted by atomic mass is 10.1. The maximum atomic E-state index is 5.60. The summed E-state index contributed by atoms with van der Waals surface area (Å²) in [6.07, 6.45) is 3.82. The van der Waals surface area contributed by atoms with Gasteiger partial charge in [0.15, 0.2) is 0 Å². The first-order valence-electron chi connectivity index (χ1n) is 6.79. The fraction of sp³-hybridized carbons (Fsp3) is 0.600. The molecular weight excluding hydrogens is 208 g/mol. The Hall–Kier alpha value is -1.02. The lowest BCUT2D eigenvalue weighted by Crippen LogP contribution is -2.26. The van der Waals surface area contributed by atoms with Crippen LogP contribution >= 0.6 is 0 Å². The van der Waals surface area contributed by atoms with Crippen molar-refractivity contribution >= 4 is 5.69 Å². The van der Waals surface area contributed by atoms with E-state index >= 15 is 0 Å². The van der Waals surface area contributed by atoms with Gasteiger partial charge in [-0.1, -0.05) is 12.1 Å². The second-order valence-corrected chi connectivity index (χ2v) is 5.14. The molecule has 2 heteroatoms. The summed E-state index contributed by atoms with van der Waals surface area (Å²) in [5, 5.41) is 0. The van der Waals surface area contributed by atoms with Crippen LogP contribution in [0.5, 0.6) is 0 Å². The van der Waals surface area contributed by atoms with Gasteiger partial charge in [0.05, 0.1) is 0 Å². The van der Waals surface area contributed by atoms with Crippen LogP contribution in [0.1, 0.15) is 30.9 Å². The van der Waals surface area contributed by atoms with E-state index in [-0.39, 0.29) is 0 Å². The Morgan fingerprint density at radius 3 is 2.65 bits per heavy atom. The van der Waals surface area contributed by atoms with Crippen molar-refractivity contribution in [1.82, 2.24) is 0 Å². The lowest BCUT2D eigenvalue weighted by molar-refractivity contribution is 0.739. The third-order valence-corrected chi connectivity index (χ3v) is 3.59. The van der Waals surface area contributed by atoms with E-state index < -0.39 is 0 Å². The average Bonchev–Trinajstić information content (AvgIpc) is 3.11. The molecule has 0 aromatic heterocycles. The average molecular weight is 232 g/mol. The van der Waals surface area contributed by atoms with Gasteiger partial charge in [-0.05, 0) is 62.8 Å². The maximum Gasteiger partial charge on any atom is 0.0396 e. The molecule has 1 aliphatic carbocycles. The fourth-order valence-electron chi connectivity index (χ4n) is 2.40. The van der Waals surface area contributed by atoms with E-state index in [2.05, 4.69) is 36.9 Å². The van der Waals surface area contributed by atoms with Crippen LogP contribution < -0.4 is 10.6 Å². The summed E-state index contributed by atoms with van der Waals surface area (Å²) >= 11 is 0. The van der Waals surface area contributed by atoms with Gasteiger partial charge in [0.2, 0.25) is 0 Å². The zero-order valence-corrected chi connectivity index (χ0v) is 11.1. The smallest absolute Gasteiger partial charge is 0.0396 e. The van der Waals surface area contributed by atoms with Crippen molar-refractivity contribution in [2.75, 3.05) is 24.5 Å². The quantitative estimate of drug-likeness (QED) is 0.817. The van der Waals surface area contributed by atoms with Crippen molar-refractivity contribution in [2.45, 2.75) is 33.1 Å². The van der Waals surface area contributed by atoms with Gasteiger partial charge in [-0.25, -0.2) is 0 Å². The van der Waals surface area contributed by atoms with Gasteiger partial charge in [-0.15, -0.1) is 0 Å². The van der Waals surface area contributed by atoms with Gasteiger partial charge in [0.25, 0.3) is 0 Å². The molecule has 1 aromatic rings. The molecule has 2 rings (SSSR count). The summed E-state index contributed by atoms with van der Waals surface area (Å²) < 4.78 is 0. The molecule has 0 aliphatic heterocycles. The monoisotopic (exact) mass is 232 g/mol. The number of anilines is 1. The number of benzene rings is 1. The summed E-state index contributed by atoms with van der Waals surface area (Å²) in [6, 6.07) is 6.79. The van der Waals surface area contributed by atoms with Crippen molar-refractivity contribution in [3.63, 3.8) is 0 Å². The number of nitrogens with zero attached hydrogens (tertiary/aromatic N) is 1. The third-order valence-electron chi connectivity index (χ3n) is 3.59. The SMILES string of the molecule is CCN(CC1CC1)c1ccc(CCN)cc1C. The van der Waals surface area contributed by atoms with Crippen molar-refractivity contribution < 1.29 is 0 Å². The normalized spacial score (nSPS) is 15.0. The zero-order valence-electron chi connectivity index (χ0n) is 11.1. The number of aryl methyl sites for hydroxylation is 1.